The lowest BCUT2D eigenvalue weighted by molar-refractivity contribution is -0.112. The standard InChI is InChI=1S/C24H24N4O5S2/c1-15-6-5-7-18(10-15)32-8-9-33-21-19(30-2)12-16(13-20(21)31-3)11-17(14-25)22(29)26-23-27-24(34-4)28-35-23/h5-7,10-13H,8-9H2,1-4H3,(H,26,27,28,29)/b17-11-. The van der Waals surface area contributed by atoms with Gasteiger partial charge >= 0.3 is 0 Å². The van der Waals surface area contributed by atoms with Gasteiger partial charge in [-0.3, -0.25) is 10.1 Å². The minimum Gasteiger partial charge on any atom is -0.493 e. The fourth-order valence-electron chi connectivity index (χ4n) is 2.96. The summed E-state index contributed by atoms with van der Waals surface area (Å²) in [6, 6.07) is 13.0. The highest BCUT2D eigenvalue weighted by Crippen LogP contribution is 2.39. The van der Waals surface area contributed by atoms with Gasteiger partial charge in [0, 0.05) is 11.5 Å². The van der Waals surface area contributed by atoms with Gasteiger partial charge in [-0.05, 0) is 54.6 Å². The molecule has 0 unspecified atom stereocenters. The summed E-state index contributed by atoms with van der Waals surface area (Å²) in [6.45, 7) is 2.57. The number of nitrogens with zero attached hydrogens (tertiary/aromatic N) is 3. The Labute approximate surface area is 211 Å². The summed E-state index contributed by atoms with van der Waals surface area (Å²) in [5.41, 5.74) is 1.51. The average Bonchev–Trinajstić information content (AvgIpc) is 3.32. The number of amides is 1. The second kappa shape index (κ2) is 12.6. The predicted molar refractivity (Wildman–Crippen MR) is 136 cm³/mol. The molecule has 182 valence electrons. The molecule has 2 aromatic carbocycles. The van der Waals surface area contributed by atoms with Crippen LogP contribution in [0.1, 0.15) is 11.1 Å². The topological polar surface area (TPSA) is 116 Å². The zero-order chi connectivity index (χ0) is 25.2. The van der Waals surface area contributed by atoms with Crippen molar-refractivity contribution in [3.63, 3.8) is 0 Å². The van der Waals surface area contributed by atoms with E-state index in [4.69, 9.17) is 18.9 Å². The molecular weight excluding hydrogens is 488 g/mol. The predicted octanol–water partition coefficient (Wildman–Crippen LogP) is 4.59. The van der Waals surface area contributed by atoms with Gasteiger partial charge in [0.25, 0.3) is 5.91 Å². The van der Waals surface area contributed by atoms with Crippen LogP contribution in [0.3, 0.4) is 0 Å². The van der Waals surface area contributed by atoms with Crippen molar-refractivity contribution in [3.8, 4) is 29.1 Å². The molecule has 0 spiro atoms. The number of hydrogen-bond donors (Lipinski definition) is 1. The normalized spacial score (nSPS) is 10.9. The third-order valence-electron chi connectivity index (χ3n) is 4.56. The molecule has 9 nitrogen and oxygen atoms in total. The minimum absolute atomic E-state index is 0.116. The zero-order valence-corrected chi connectivity index (χ0v) is 21.3. The largest absolute Gasteiger partial charge is 0.493 e. The van der Waals surface area contributed by atoms with Crippen molar-refractivity contribution in [3.05, 3.63) is 53.1 Å². The highest BCUT2D eigenvalue weighted by atomic mass is 32.2. The molecule has 35 heavy (non-hydrogen) atoms. The molecule has 3 aromatic rings. The van der Waals surface area contributed by atoms with Crippen molar-refractivity contribution in [2.45, 2.75) is 12.1 Å². The molecule has 1 amide bonds. The number of thioether (sulfide) groups is 1. The summed E-state index contributed by atoms with van der Waals surface area (Å²) in [5, 5.41) is 13.0. The maximum Gasteiger partial charge on any atom is 0.268 e. The van der Waals surface area contributed by atoms with Crippen LogP contribution in [-0.2, 0) is 4.79 Å². The van der Waals surface area contributed by atoms with E-state index >= 15 is 0 Å². The van der Waals surface area contributed by atoms with Gasteiger partial charge in [-0.15, -0.1) is 0 Å². The SMILES string of the molecule is COc1cc(/C=C(/C#N)C(=O)Nc2nc(SC)ns2)cc(OC)c1OCCOc1cccc(C)c1. The van der Waals surface area contributed by atoms with Crippen molar-refractivity contribution in [2.75, 3.05) is 39.0 Å². The first kappa shape index (κ1) is 25.9. The van der Waals surface area contributed by atoms with Crippen molar-refractivity contribution in [2.24, 2.45) is 0 Å². The highest BCUT2D eigenvalue weighted by molar-refractivity contribution is 7.98. The van der Waals surface area contributed by atoms with Crippen molar-refractivity contribution < 1.29 is 23.7 Å². The summed E-state index contributed by atoms with van der Waals surface area (Å²) in [4.78, 5) is 16.7. The smallest absolute Gasteiger partial charge is 0.268 e. The van der Waals surface area contributed by atoms with E-state index < -0.39 is 5.91 Å². The Morgan fingerprint density at radius 2 is 1.89 bits per heavy atom. The van der Waals surface area contributed by atoms with Crippen molar-refractivity contribution in [1.82, 2.24) is 9.36 Å². The number of benzene rings is 2. The van der Waals surface area contributed by atoms with Gasteiger partial charge in [0.15, 0.2) is 11.5 Å². The van der Waals surface area contributed by atoms with Gasteiger partial charge in [-0.25, -0.2) is 0 Å². The van der Waals surface area contributed by atoms with E-state index in [2.05, 4.69) is 14.7 Å². The molecule has 0 aliphatic heterocycles. The molecule has 0 bridgehead atoms. The Bertz CT molecular complexity index is 1230. The first-order valence-corrected chi connectivity index (χ1v) is 12.4. The monoisotopic (exact) mass is 512 g/mol. The lowest BCUT2D eigenvalue weighted by Crippen LogP contribution is -2.13. The molecule has 0 aliphatic carbocycles. The molecule has 0 saturated carbocycles. The first-order chi connectivity index (χ1) is 17.0. The molecule has 3 rings (SSSR count). The van der Waals surface area contributed by atoms with E-state index in [-0.39, 0.29) is 12.2 Å². The van der Waals surface area contributed by atoms with E-state index in [1.165, 1.54) is 32.1 Å². The average molecular weight is 513 g/mol. The van der Waals surface area contributed by atoms with Crippen molar-refractivity contribution in [1.29, 1.82) is 5.26 Å². The van der Waals surface area contributed by atoms with Crippen molar-refractivity contribution >= 4 is 40.4 Å². The van der Waals surface area contributed by atoms with Crippen LogP contribution >= 0.6 is 23.3 Å². The van der Waals surface area contributed by atoms with E-state index in [0.29, 0.717) is 39.7 Å². The van der Waals surface area contributed by atoms with Gasteiger partial charge in [0.05, 0.1) is 14.2 Å². The van der Waals surface area contributed by atoms with Crippen LogP contribution < -0.4 is 24.3 Å². The van der Waals surface area contributed by atoms with Gasteiger partial charge in [-0.1, -0.05) is 23.9 Å². The summed E-state index contributed by atoms with van der Waals surface area (Å²) in [5.74, 6) is 1.33. The Kier molecular flexibility index (Phi) is 9.34. The van der Waals surface area contributed by atoms with Crippen LogP contribution in [0.15, 0.2) is 47.1 Å². The number of ether oxygens (including phenoxy) is 4. The Morgan fingerprint density at radius 1 is 1.17 bits per heavy atom. The quantitative estimate of drug-likeness (QED) is 0.170. The molecular formula is C24H24N4O5S2. The number of methoxy groups -OCH3 is 2. The van der Waals surface area contributed by atoms with Gasteiger partial charge in [0.1, 0.15) is 30.6 Å². The third-order valence-corrected chi connectivity index (χ3v) is 5.85. The van der Waals surface area contributed by atoms with Gasteiger partial charge < -0.3 is 18.9 Å². The number of aryl methyl sites for hydroxylation is 1. The molecule has 1 N–H and O–H groups in total. The summed E-state index contributed by atoms with van der Waals surface area (Å²) < 4.78 is 26.6. The lowest BCUT2D eigenvalue weighted by atomic mass is 10.1. The molecule has 0 aliphatic rings. The van der Waals surface area contributed by atoms with Crippen LogP contribution in [0.25, 0.3) is 6.08 Å². The highest BCUT2D eigenvalue weighted by Gasteiger charge is 2.17. The number of carbonyl (C=O) groups is 1. The molecule has 0 atom stereocenters. The fraction of sp³-hybridized carbons (Fsp3) is 0.250. The lowest BCUT2D eigenvalue weighted by Gasteiger charge is -2.16. The van der Waals surface area contributed by atoms with E-state index in [0.717, 1.165) is 22.8 Å². The summed E-state index contributed by atoms with van der Waals surface area (Å²) in [6.07, 6.45) is 3.26. The van der Waals surface area contributed by atoms with Crippen LogP contribution in [-0.4, -0.2) is 49.0 Å². The van der Waals surface area contributed by atoms with Crippen LogP contribution in [0.5, 0.6) is 23.0 Å². The van der Waals surface area contributed by atoms with Crippen LogP contribution in [0.4, 0.5) is 5.13 Å². The Morgan fingerprint density at radius 3 is 2.49 bits per heavy atom. The fourth-order valence-corrected chi connectivity index (χ4v) is 4.08. The third kappa shape index (κ3) is 7.11. The number of aromatic nitrogens is 2. The summed E-state index contributed by atoms with van der Waals surface area (Å²) >= 11 is 2.40. The number of rotatable bonds is 11. The van der Waals surface area contributed by atoms with Crippen LogP contribution in [0.2, 0.25) is 0 Å². The van der Waals surface area contributed by atoms with E-state index in [9.17, 15) is 10.1 Å². The first-order valence-electron chi connectivity index (χ1n) is 10.4. The number of nitriles is 1. The Hall–Kier alpha value is -3.75. The van der Waals surface area contributed by atoms with Gasteiger partial charge in [-0.2, -0.15) is 14.6 Å². The molecule has 1 heterocycles. The maximum atomic E-state index is 12.6. The Balaban J connectivity index is 1.73. The number of carbonyl (C=O) groups excluding carboxylic acids is 1. The molecule has 0 fully saturated rings. The van der Waals surface area contributed by atoms with Gasteiger partial charge in [0.2, 0.25) is 16.0 Å². The summed E-state index contributed by atoms with van der Waals surface area (Å²) in [7, 11) is 2.99. The second-order valence-corrected chi connectivity index (χ2v) is 8.50. The number of hydrogen-bond acceptors (Lipinski definition) is 10. The molecule has 0 radical (unpaired) electrons. The molecule has 0 saturated heterocycles. The molecule has 1 aromatic heterocycles. The maximum absolute atomic E-state index is 12.6. The minimum atomic E-state index is -0.595. The number of anilines is 1. The zero-order valence-electron chi connectivity index (χ0n) is 19.7. The molecule has 11 heteroatoms. The second-order valence-electron chi connectivity index (χ2n) is 6.98. The van der Waals surface area contributed by atoms with Crippen LogP contribution in [0, 0.1) is 18.3 Å². The van der Waals surface area contributed by atoms with E-state index in [1.54, 1.807) is 12.1 Å². The van der Waals surface area contributed by atoms with E-state index in [1.807, 2.05) is 43.5 Å². The number of nitrogens with one attached hydrogen (secondary N) is 1.